The number of rotatable bonds is 1. The van der Waals surface area contributed by atoms with Crippen LogP contribution in [-0.2, 0) is 9.59 Å². The summed E-state index contributed by atoms with van der Waals surface area (Å²) in [7, 11) is 0. The zero-order valence-electron chi connectivity index (χ0n) is 11.6. The molecule has 1 aromatic rings. The van der Waals surface area contributed by atoms with Crippen molar-refractivity contribution in [1.29, 1.82) is 0 Å². The van der Waals surface area contributed by atoms with Gasteiger partial charge in [0.1, 0.15) is 0 Å². The van der Waals surface area contributed by atoms with Gasteiger partial charge in [0.15, 0.2) is 0 Å². The summed E-state index contributed by atoms with van der Waals surface area (Å²) < 4.78 is 0. The average Bonchev–Trinajstić information content (AvgIpc) is 2.76. The zero-order valence-corrected chi connectivity index (χ0v) is 16.3. The highest BCUT2D eigenvalue weighted by Gasteiger charge is 2.55. The van der Waals surface area contributed by atoms with E-state index in [1.54, 1.807) is 0 Å². The molecule has 0 radical (unpaired) electrons. The van der Waals surface area contributed by atoms with Crippen LogP contribution in [0.3, 0.4) is 0 Å². The molecule has 1 saturated heterocycles. The Bertz CT molecular complexity index is 712. The molecule has 1 aliphatic carbocycles. The maximum absolute atomic E-state index is 12.7. The molecule has 0 bridgehead atoms. The van der Waals surface area contributed by atoms with Crippen LogP contribution < -0.4 is 0 Å². The van der Waals surface area contributed by atoms with Crippen LogP contribution in [0.5, 0.6) is 0 Å². The minimum absolute atomic E-state index is 0.0565. The third-order valence-electron chi connectivity index (χ3n) is 4.28. The van der Waals surface area contributed by atoms with Gasteiger partial charge in [0.25, 0.3) is 5.91 Å². The second-order valence-corrected chi connectivity index (χ2v) is 8.69. The molecule has 8 heteroatoms. The van der Waals surface area contributed by atoms with Gasteiger partial charge in [-0.2, -0.15) is 0 Å². The lowest BCUT2D eigenvalue weighted by Crippen LogP contribution is -2.39. The molecule has 0 N–H and O–H groups in total. The van der Waals surface area contributed by atoms with Crippen LogP contribution in [-0.4, -0.2) is 32.3 Å². The van der Waals surface area contributed by atoms with E-state index in [4.69, 9.17) is 23.2 Å². The number of hydrogen-bond donors (Lipinski definition) is 0. The molecule has 3 rings (SSSR count). The van der Waals surface area contributed by atoms with Crippen LogP contribution in [0.2, 0.25) is 10.0 Å². The molecule has 4 nitrogen and oxygen atoms in total. The summed E-state index contributed by atoms with van der Waals surface area (Å²) >= 11 is 18.9. The van der Waals surface area contributed by atoms with Gasteiger partial charge in [-0.05, 0) is 31.0 Å². The first-order chi connectivity index (χ1) is 10.8. The van der Waals surface area contributed by atoms with Crippen molar-refractivity contribution in [2.45, 2.75) is 22.5 Å². The first-order valence-corrected chi connectivity index (χ1v) is 9.57. The van der Waals surface area contributed by atoms with Gasteiger partial charge in [0.2, 0.25) is 11.8 Å². The topological polar surface area (TPSA) is 54.5 Å². The molecular weight excluding hydrogens is 473 g/mol. The highest BCUT2D eigenvalue weighted by Crippen LogP contribution is 2.44. The van der Waals surface area contributed by atoms with E-state index in [-0.39, 0.29) is 20.2 Å². The lowest BCUT2D eigenvalue weighted by Gasteiger charge is -2.30. The predicted molar refractivity (Wildman–Crippen MR) is 94.3 cm³/mol. The standard InChI is InChI=1S/C15H11Br2Cl2NO3/c16-9-3-2-7-11(12(9)17)15(23)20(13(7)21)14(22)8-5-6(18)1-4-10(8)19/h1,4-5,7,9,11-12H,2-3H2. The Hall–Kier alpha value is -0.430. The Morgan fingerprint density at radius 2 is 1.83 bits per heavy atom. The molecule has 4 atom stereocenters. The highest BCUT2D eigenvalue weighted by atomic mass is 79.9. The monoisotopic (exact) mass is 481 g/mol. The third kappa shape index (κ3) is 2.88. The Balaban J connectivity index is 1.97. The largest absolute Gasteiger partial charge is 0.274 e. The van der Waals surface area contributed by atoms with E-state index >= 15 is 0 Å². The van der Waals surface area contributed by atoms with Gasteiger partial charge in [0.05, 0.1) is 22.4 Å². The second kappa shape index (κ2) is 6.47. The van der Waals surface area contributed by atoms with E-state index in [9.17, 15) is 14.4 Å². The molecular formula is C15H11Br2Cl2NO3. The van der Waals surface area contributed by atoms with Gasteiger partial charge in [-0.3, -0.25) is 14.4 Å². The van der Waals surface area contributed by atoms with Crippen molar-refractivity contribution < 1.29 is 14.4 Å². The number of amides is 3. The van der Waals surface area contributed by atoms with Crippen LogP contribution in [0.15, 0.2) is 18.2 Å². The molecule has 4 unspecified atom stereocenters. The number of hydrogen-bond acceptors (Lipinski definition) is 3. The first-order valence-electron chi connectivity index (χ1n) is 6.98. The molecule has 122 valence electrons. The Morgan fingerprint density at radius 3 is 2.52 bits per heavy atom. The molecule has 3 amide bonds. The summed E-state index contributed by atoms with van der Waals surface area (Å²) in [5.41, 5.74) is 0.0565. The number of imide groups is 3. The first kappa shape index (κ1) is 17.4. The maximum atomic E-state index is 12.7. The maximum Gasteiger partial charge on any atom is 0.268 e. The quantitative estimate of drug-likeness (QED) is 0.447. The minimum Gasteiger partial charge on any atom is -0.274 e. The molecule has 1 heterocycles. The summed E-state index contributed by atoms with van der Waals surface area (Å²) in [5, 5.41) is 0.469. The van der Waals surface area contributed by atoms with Crippen LogP contribution in [0.1, 0.15) is 23.2 Å². The number of fused-ring (bicyclic) bond motifs is 1. The molecule has 1 aromatic carbocycles. The fraction of sp³-hybridized carbons (Fsp3) is 0.400. The van der Waals surface area contributed by atoms with Gasteiger partial charge in [-0.15, -0.1) is 0 Å². The van der Waals surface area contributed by atoms with Crippen LogP contribution in [0, 0.1) is 11.8 Å². The lowest BCUT2D eigenvalue weighted by atomic mass is 9.81. The van der Waals surface area contributed by atoms with Gasteiger partial charge < -0.3 is 0 Å². The van der Waals surface area contributed by atoms with Crippen molar-refractivity contribution in [1.82, 2.24) is 4.90 Å². The fourth-order valence-corrected chi connectivity index (χ4v) is 4.94. The van der Waals surface area contributed by atoms with E-state index < -0.39 is 29.6 Å². The average molecular weight is 484 g/mol. The summed E-state index contributed by atoms with van der Waals surface area (Å²) in [6.45, 7) is 0. The summed E-state index contributed by atoms with van der Waals surface area (Å²) in [4.78, 5) is 38.6. The molecule has 23 heavy (non-hydrogen) atoms. The van der Waals surface area contributed by atoms with Crippen molar-refractivity contribution in [3.8, 4) is 0 Å². The molecule has 1 saturated carbocycles. The zero-order chi connectivity index (χ0) is 16.9. The number of carbonyl (C=O) groups is 3. The molecule has 0 aromatic heterocycles. The predicted octanol–water partition coefficient (Wildman–Crippen LogP) is 4.06. The Morgan fingerprint density at radius 1 is 1.13 bits per heavy atom. The Labute approximate surface area is 159 Å². The van der Waals surface area contributed by atoms with Crippen molar-refractivity contribution in [2.75, 3.05) is 0 Å². The third-order valence-corrected chi connectivity index (χ3v) is 7.79. The van der Waals surface area contributed by atoms with E-state index in [1.165, 1.54) is 18.2 Å². The molecule has 2 aliphatic rings. The van der Waals surface area contributed by atoms with Crippen LogP contribution in [0.25, 0.3) is 0 Å². The fourth-order valence-electron chi connectivity index (χ4n) is 3.12. The van der Waals surface area contributed by atoms with Crippen molar-refractivity contribution in [3.05, 3.63) is 33.8 Å². The number of benzene rings is 1. The normalized spacial score (nSPS) is 30.5. The molecule has 2 fully saturated rings. The second-order valence-electron chi connectivity index (χ2n) is 5.61. The summed E-state index contributed by atoms with van der Waals surface area (Å²) in [6.07, 6.45) is 1.33. The van der Waals surface area contributed by atoms with E-state index in [1.807, 2.05) is 0 Å². The number of likely N-dealkylation sites (tertiary alicyclic amines) is 1. The van der Waals surface area contributed by atoms with Crippen molar-refractivity contribution in [2.24, 2.45) is 11.8 Å². The van der Waals surface area contributed by atoms with Gasteiger partial charge >= 0.3 is 0 Å². The van der Waals surface area contributed by atoms with Crippen LogP contribution in [0.4, 0.5) is 0 Å². The lowest BCUT2D eigenvalue weighted by molar-refractivity contribution is -0.136. The summed E-state index contributed by atoms with van der Waals surface area (Å²) in [5.74, 6) is -2.66. The number of halogens is 4. The highest BCUT2D eigenvalue weighted by molar-refractivity contribution is 9.12. The van der Waals surface area contributed by atoms with E-state index in [0.29, 0.717) is 11.4 Å². The van der Waals surface area contributed by atoms with E-state index in [0.717, 1.165) is 11.3 Å². The number of alkyl halides is 2. The van der Waals surface area contributed by atoms with Crippen LogP contribution >= 0.6 is 55.1 Å². The number of nitrogens with zero attached hydrogens (tertiary/aromatic N) is 1. The van der Waals surface area contributed by atoms with E-state index in [2.05, 4.69) is 31.9 Å². The van der Waals surface area contributed by atoms with Gasteiger partial charge in [-0.1, -0.05) is 55.1 Å². The van der Waals surface area contributed by atoms with Crippen molar-refractivity contribution >= 4 is 72.8 Å². The number of carbonyl (C=O) groups excluding carboxylic acids is 3. The van der Waals surface area contributed by atoms with Gasteiger partial charge in [-0.25, -0.2) is 4.90 Å². The van der Waals surface area contributed by atoms with Crippen molar-refractivity contribution in [3.63, 3.8) is 0 Å². The molecule has 1 aliphatic heterocycles. The Kier molecular flexibility index (Phi) is 4.89. The molecule has 0 spiro atoms. The SMILES string of the molecule is O=C(c1cc(Cl)ccc1Cl)N1C(=O)C2CCC(Br)C(Br)C2C1=O. The minimum atomic E-state index is -0.715. The summed E-state index contributed by atoms with van der Waals surface area (Å²) in [6, 6.07) is 4.38. The smallest absolute Gasteiger partial charge is 0.268 e. The van der Waals surface area contributed by atoms with Gasteiger partial charge in [0, 0.05) is 14.7 Å².